The van der Waals surface area contributed by atoms with Crippen LogP contribution in [0.5, 0.6) is 0 Å². The van der Waals surface area contributed by atoms with Gasteiger partial charge in [-0.15, -0.1) is 0 Å². The second-order valence-corrected chi connectivity index (χ2v) is 6.72. The highest BCUT2D eigenvalue weighted by atomic mass is 16.5. The van der Waals surface area contributed by atoms with E-state index in [4.69, 9.17) is 4.74 Å². The number of aliphatic hydroxyl groups excluding tert-OH is 1. The van der Waals surface area contributed by atoms with Gasteiger partial charge in [0.1, 0.15) is 5.69 Å². The maximum Gasteiger partial charge on any atom is 0.272 e. The van der Waals surface area contributed by atoms with Crippen molar-refractivity contribution in [2.75, 3.05) is 13.7 Å². The van der Waals surface area contributed by atoms with Crippen LogP contribution < -0.4 is 0 Å². The van der Waals surface area contributed by atoms with Crippen LogP contribution in [0.2, 0.25) is 0 Å². The van der Waals surface area contributed by atoms with Gasteiger partial charge in [0, 0.05) is 25.9 Å². The summed E-state index contributed by atoms with van der Waals surface area (Å²) in [4.78, 5) is 14.9. The van der Waals surface area contributed by atoms with Gasteiger partial charge >= 0.3 is 0 Å². The lowest BCUT2D eigenvalue weighted by Crippen LogP contribution is -2.53. The molecule has 6 heteroatoms. The highest BCUT2D eigenvalue weighted by Gasteiger charge is 2.52. The quantitative estimate of drug-likeness (QED) is 0.921. The lowest BCUT2D eigenvalue weighted by atomic mass is 9.79. The molecule has 122 valence electrons. The molecule has 3 atom stereocenters. The van der Waals surface area contributed by atoms with Gasteiger partial charge in [0.15, 0.2) is 0 Å². The first-order valence-corrected chi connectivity index (χ1v) is 8.06. The van der Waals surface area contributed by atoms with Crippen molar-refractivity contribution >= 4 is 5.91 Å². The van der Waals surface area contributed by atoms with Gasteiger partial charge in [0.2, 0.25) is 0 Å². The Hall–Kier alpha value is -1.40. The Morgan fingerprint density at radius 1 is 1.50 bits per heavy atom. The van der Waals surface area contributed by atoms with Gasteiger partial charge in [0.05, 0.1) is 17.7 Å². The van der Waals surface area contributed by atoms with E-state index < -0.39 is 0 Å². The van der Waals surface area contributed by atoms with Crippen molar-refractivity contribution in [3.05, 3.63) is 18.0 Å². The third-order valence-electron chi connectivity index (χ3n) is 5.20. The smallest absolute Gasteiger partial charge is 0.272 e. The summed E-state index contributed by atoms with van der Waals surface area (Å²) in [6.07, 6.45) is 4.30. The fourth-order valence-electron chi connectivity index (χ4n) is 3.96. The second-order valence-electron chi connectivity index (χ2n) is 6.72. The van der Waals surface area contributed by atoms with Crippen LogP contribution in [0.4, 0.5) is 0 Å². The van der Waals surface area contributed by atoms with Crippen LogP contribution in [0.15, 0.2) is 12.3 Å². The summed E-state index contributed by atoms with van der Waals surface area (Å²) in [6.45, 7) is 4.70. The summed E-state index contributed by atoms with van der Waals surface area (Å²) >= 11 is 0. The average Bonchev–Trinajstić information content (AvgIpc) is 3.11. The third kappa shape index (κ3) is 2.34. The zero-order valence-corrected chi connectivity index (χ0v) is 13.5. The van der Waals surface area contributed by atoms with Crippen LogP contribution in [0.3, 0.4) is 0 Å². The fourth-order valence-corrected chi connectivity index (χ4v) is 3.96. The number of rotatable bonds is 3. The zero-order valence-electron chi connectivity index (χ0n) is 13.5. The Kier molecular flexibility index (Phi) is 3.99. The SMILES string of the molecule is CO[C@@]12CC[C@H](O)C[C@@H]1N(C(=O)c1ccnn1C(C)C)CC2. The summed E-state index contributed by atoms with van der Waals surface area (Å²) in [5.74, 6) is -0.00998. The molecule has 22 heavy (non-hydrogen) atoms. The number of carbonyl (C=O) groups excluding carboxylic acids is 1. The van der Waals surface area contributed by atoms with Crippen molar-refractivity contribution in [3.8, 4) is 0 Å². The van der Waals surface area contributed by atoms with Crippen LogP contribution in [0, 0.1) is 0 Å². The van der Waals surface area contributed by atoms with Crippen LogP contribution in [0.25, 0.3) is 0 Å². The average molecular weight is 307 g/mol. The maximum absolute atomic E-state index is 13.0. The fraction of sp³-hybridized carbons (Fsp3) is 0.750. The maximum atomic E-state index is 13.0. The molecule has 0 aromatic carbocycles. The van der Waals surface area contributed by atoms with Crippen molar-refractivity contribution in [1.82, 2.24) is 14.7 Å². The van der Waals surface area contributed by atoms with Gasteiger partial charge in [0.25, 0.3) is 5.91 Å². The predicted molar refractivity (Wildman–Crippen MR) is 81.7 cm³/mol. The summed E-state index contributed by atoms with van der Waals surface area (Å²) < 4.78 is 7.56. The molecule has 2 fully saturated rings. The highest BCUT2D eigenvalue weighted by molar-refractivity contribution is 5.93. The number of aromatic nitrogens is 2. The van der Waals surface area contributed by atoms with E-state index in [9.17, 15) is 9.90 Å². The molecule has 0 bridgehead atoms. The molecular weight excluding hydrogens is 282 g/mol. The van der Waals surface area contributed by atoms with Crippen molar-refractivity contribution in [1.29, 1.82) is 0 Å². The predicted octanol–water partition coefficient (Wildman–Crippen LogP) is 1.61. The molecule has 6 nitrogen and oxygen atoms in total. The zero-order chi connectivity index (χ0) is 15.9. The molecule has 1 aromatic heterocycles. The molecule has 1 aromatic rings. The number of hydrogen-bond acceptors (Lipinski definition) is 4. The number of nitrogens with zero attached hydrogens (tertiary/aromatic N) is 3. The molecule has 0 spiro atoms. The van der Waals surface area contributed by atoms with Gasteiger partial charge in [-0.05, 0) is 45.6 Å². The number of carbonyl (C=O) groups is 1. The summed E-state index contributed by atoms with van der Waals surface area (Å²) in [6, 6.07) is 1.86. The second kappa shape index (κ2) is 5.66. The van der Waals surface area contributed by atoms with E-state index in [1.807, 2.05) is 18.7 Å². The first-order valence-electron chi connectivity index (χ1n) is 8.06. The highest BCUT2D eigenvalue weighted by Crippen LogP contribution is 2.42. The topological polar surface area (TPSA) is 67.6 Å². The minimum Gasteiger partial charge on any atom is -0.393 e. The van der Waals surface area contributed by atoms with E-state index in [0.29, 0.717) is 18.7 Å². The van der Waals surface area contributed by atoms with E-state index >= 15 is 0 Å². The Bertz CT molecular complexity index is 557. The molecule has 1 amide bonds. The number of fused-ring (bicyclic) bond motifs is 1. The minimum absolute atomic E-state index is 0.00998. The van der Waals surface area contributed by atoms with Crippen molar-refractivity contribution in [2.24, 2.45) is 0 Å². The largest absolute Gasteiger partial charge is 0.393 e. The Morgan fingerprint density at radius 3 is 2.95 bits per heavy atom. The van der Waals surface area contributed by atoms with E-state index in [1.54, 1.807) is 24.1 Å². The van der Waals surface area contributed by atoms with E-state index in [2.05, 4.69) is 5.10 Å². The molecule has 2 aliphatic rings. The van der Waals surface area contributed by atoms with Gasteiger partial charge in [-0.2, -0.15) is 5.10 Å². The molecule has 1 N–H and O–H groups in total. The summed E-state index contributed by atoms with van der Waals surface area (Å²) in [7, 11) is 1.72. The molecule has 2 heterocycles. The van der Waals surface area contributed by atoms with Crippen molar-refractivity contribution < 1.29 is 14.6 Å². The molecule has 0 radical (unpaired) electrons. The van der Waals surface area contributed by atoms with Crippen LogP contribution >= 0.6 is 0 Å². The van der Waals surface area contributed by atoms with E-state index in [-0.39, 0.29) is 29.7 Å². The number of methoxy groups -OCH3 is 1. The summed E-state index contributed by atoms with van der Waals surface area (Å²) in [5, 5.41) is 14.3. The van der Waals surface area contributed by atoms with Gasteiger partial charge in [-0.3, -0.25) is 9.48 Å². The Morgan fingerprint density at radius 2 is 2.27 bits per heavy atom. The van der Waals surface area contributed by atoms with Gasteiger partial charge in [-0.1, -0.05) is 0 Å². The number of likely N-dealkylation sites (tertiary alicyclic amines) is 1. The van der Waals surface area contributed by atoms with E-state index in [0.717, 1.165) is 19.3 Å². The van der Waals surface area contributed by atoms with Crippen molar-refractivity contribution in [3.63, 3.8) is 0 Å². The molecule has 1 aliphatic heterocycles. The number of aliphatic hydroxyl groups is 1. The standard InChI is InChI=1S/C16H25N3O3/c1-11(2)19-13(5-8-17-19)15(21)18-9-7-16(22-3)6-4-12(20)10-14(16)18/h5,8,11-12,14,20H,4,6-7,9-10H2,1-3H3/t12-,14-,16+/m0/s1. The number of ether oxygens (including phenoxy) is 1. The number of hydrogen-bond donors (Lipinski definition) is 1. The van der Waals surface area contributed by atoms with Crippen molar-refractivity contribution in [2.45, 2.75) is 63.3 Å². The molecule has 3 rings (SSSR count). The van der Waals surface area contributed by atoms with Gasteiger partial charge in [-0.25, -0.2) is 0 Å². The van der Waals surface area contributed by atoms with Crippen LogP contribution in [-0.2, 0) is 4.74 Å². The summed E-state index contributed by atoms with van der Waals surface area (Å²) in [5.41, 5.74) is 0.319. The first kappa shape index (κ1) is 15.5. The third-order valence-corrected chi connectivity index (χ3v) is 5.20. The number of amides is 1. The van der Waals surface area contributed by atoms with Gasteiger partial charge < -0.3 is 14.7 Å². The normalized spacial score (nSPS) is 31.6. The van der Waals surface area contributed by atoms with Crippen LogP contribution in [-0.4, -0.2) is 57.1 Å². The Labute approximate surface area is 131 Å². The van der Waals surface area contributed by atoms with E-state index in [1.165, 1.54) is 0 Å². The lowest BCUT2D eigenvalue weighted by Gasteiger charge is -2.42. The van der Waals surface area contributed by atoms with Crippen LogP contribution in [0.1, 0.15) is 56.1 Å². The molecule has 1 saturated carbocycles. The monoisotopic (exact) mass is 307 g/mol. The molecule has 1 saturated heterocycles. The molecule has 1 aliphatic carbocycles. The molecular formula is C16H25N3O3. The molecule has 0 unspecified atom stereocenters. The minimum atomic E-state index is -0.350. The lowest BCUT2D eigenvalue weighted by molar-refractivity contribution is -0.0825. The Balaban J connectivity index is 1.88. The first-order chi connectivity index (χ1) is 10.5.